The number of carbonyl (C=O) groups excluding carboxylic acids is 3. The van der Waals surface area contributed by atoms with Crippen molar-refractivity contribution < 1.29 is 19.1 Å². The number of fused-ring (bicyclic) bond motifs is 5. The SMILES string of the molecule is COCCCN1C(=O)[C@@H]2[C@H](C1=O)[C@H](C(=O)c1ccccc1)N1c3ccccc3C=C[C@@H]21. The molecule has 0 bridgehead atoms. The summed E-state index contributed by atoms with van der Waals surface area (Å²) in [5.74, 6) is -1.81. The fourth-order valence-electron chi connectivity index (χ4n) is 5.24. The monoisotopic (exact) mass is 416 g/mol. The molecule has 0 spiro atoms. The van der Waals surface area contributed by atoms with Crippen LogP contribution in [0.2, 0.25) is 0 Å². The third-order valence-electron chi connectivity index (χ3n) is 6.56. The van der Waals surface area contributed by atoms with Crippen LogP contribution in [0.3, 0.4) is 0 Å². The van der Waals surface area contributed by atoms with Gasteiger partial charge in [-0.1, -0.05) is 60.7 Å². The zero-order chi connectivity index (χ0) is 21.5. The van der Waals surface area contributed by atoms with E-state index in [9.17, 15) is 14.4 Å². The summed E-state index contributed by atoms with van der Waals surface area (Å²) < 4.78 is 5.09. The normalized spacial score (nSPS) is 26.1. The highest BCUT2D eigenvalue weighted by Crippen LogP contribution is 2.48. The van der Waals surface area contributed by atoms with Gasteiger partial charge in [0.25, 0.3) is 0 Å². The number of methoxy groups -OCH3 is 1. The zero-order valence-electron chi connectivity index (χ0n) is 17.3. The van der Waals surface area contributed by atoms with E-state index in [1.54, 1.807) is 19.2 Å². The number of hydrogen-bond acceptors (Lipinski definition) is 5. The van der Waals surface area contributed by atoms with Crippen molar-refractivity contribution in [3.63, 3.8) is 0 Å². The summed E-state index contributed by atoms with van der Waals surface area (Å²) in [4.78, 5) is 43.9. The molecule has 6 nitrogen and oxygen atoms in total. The average molecular weight is 416 g/mol. The van der Waals surface area contributed by atoms with Crippen LogP contribution >= 0.6 is 0 Å². The molecule has 3 heterocycles. The number of ketones is 1. The first-order valence-corrected chi connectivity index (χ1v) is 10.6. The van der Waals surface area contributed by atoms with Crippen LogP contribution in [0.1, 0.15) is 22.3 Å². The molecule has 3 aliphatic heterocycles. The van der Waals surface area contributed by atoms with Gasteiger partial charge < -0.3 is 9.64 Å². The minimum absolute atomic E-state index is 0.122. The van der Waals surface area contributed by atoms with Crippen LogP contribution < -0.4 is 4.90 Å². The molecular formula is C25H24N2O4. The number of carbonyl (C=O) groups is 3. The van der Waals surface area contributed by atoms with Gasteiger partial charge in [0.1, 0.15) is 6.04 Å². The molecule has 2 aromatic rings. The van der Waals surface area contributed by atoms with Crippen molar-refractivity contribution in [2.24, 2.45) is 11.8 Å². The lowest BCUT2D eigenvalue weighted by molar-refractivity contribution is -0.140. The Hall–Kier alpha value is -3.25. The molecule has 5 rings (SSSR count). The van der Waals surface area contributed by atoms with Crippen LogP contribution in [-0.2, 0) is 14.3 Å². The van der Waals surface area contributed by atoms with E-state index in [1.807, 2.05) is 59.5 Å². The minimum Gasteiger partial charge on any atom is -0.385 e. The maximum atomic E-state index is 13.7. The average Bonchev–Trinajstić information content (AvgIpc) is 3.28. The van der Waals surface area contributed by atoms with E-state index in [-0.39, 0.29) is 23.6 Å². The van der Waals surface area contributed by atoms with E-state index in [0.29, 0.717) is 25.1 Å². The number of anilines is 1. The van der Waals surface area contributed by atoms with Crippen LogP contribution in [0.25, 0.3) is 6.08 Å². The lowest BCUT2D eigenvalue weighted by Crippen LogP contribution is -2.48. The molecule has 2 saturated heterocycles. The maximum Gasteiger partial charge on any atom is 0.235 e. The Morgan fingerprint density at radius 1 is 0.968 bits per heavy atom. The van der Waals surface area contributed by atoms with E-state index in [2.05, 4.69) is 0 Å². The van der Waals surface area contributed by atoms with Crippen LogP contribution in [0, 0.1) is 11.8 Å². The number of hydrogen-bond donors (Lipinski definition) is 0. The molecule has 2 aromatic carbocycles. The lowest BCUT2D eigenvalue weighted by atomic mass is 9.86. The largest absolute Gasteiger partial charge is 0.385 e. The summed E-state index contributed by atoms with van der Waals surface area (Å²) >= 11 is 0. The van der Waals surface area contributed by atoms with Crippen molar-refractivity contribution in [3.05, 3.63) is 71.8 Å². The van der Waals surface area contributed by atoms with Crippen LogP contribution in [-0.4, -0.2) is 54.8 Å². The van der Waals surface area contributed by atoms with Crippen molar-refractivity contribution in [2.45, 2.75) is 18.5 Å². The van der Waals surface area contributed by atoms with Gasteiger partial charge in [-0.05, 0) is 18.1 Å². The lowest BCUT2D eigenvalue weighted by Gasteiger charge is -2.36. The second-order valence-corrected chi connectivity index (χ2v) is 8.22. The van der Waals surface area contributed by atoms with E-state index in [4.69, 9.17) is 4.74 Å². The number of nitrogens with zero attached hydrogens (tertiary/aromatic N) is 2. The van der Waals surface area contributed by atoms with Gasteiger partial charge in [-0.15, -0.1) is 0 Å². The molecule has 0 aliphatic carbocycles. The molecule has 0 unspecified atom stereocenters. The van der Waals surface area contributed by atoms with Crippen LogP contribution in [0.5, 0.6) is 0 Å². The molecule has 158 valence electrons. The maximum absolute atomic E-state index is 13.7. The highest BCUT2D eigenvalue weighted by molar-refractivity contribution is 6.14. The highest BCUT2D eigenvalue weighted by Gasteiger charge is 2.63. The van der Waals surface area contributed by atoms with Crippen LogP contribution in [0.15, 0.2) is 60.7 Å². The Morgan fingerprint density at radius 3 is 2.45 bits per heavy atom. The second-order valence-electron chi connectivity index (χ2n) is 8.22. The molecular weight excluding hydrogens is 392 g/mol. The Bertz CT molecular complexity index is 1060. The predicted molar refractivity (Wildman–Crippen MR) is 116 cm³/mol. The van der Waals surface area contributed by atoms with Crippen molar-refractivity contribution in [1.29, 1.82) is 0 Å². The van der Waals surface area contributed by atoms with Crippen molar-refractivity contribution in [2.75, 3.05) is 25.2 Å². The summed E-state index contributed by atoms with van der Waals surface area (Å²) in [7, 11) is 1.60. The fourth-order valence-corrected chi connectivity index (χ4v) is 5.24. The van der Waals surface area contributed by atoms with Crippen molar-refractivity contribution in [1.82, 2.24) is 4.90 Å². The zero-order valence-corrected chi connectivity index (χ0v) is 17.3. The van der Waals surface area contributed by atoms with Gasteiger partial charge in [0, 0.05) is 31.5 Å². The summed E-state index contributed by atoms with van der Waals surface area (Å²) in [6.45, 7) is 0.791. The molecule has 0 N–H and O–H groups in total. The van der Waals surface area contributed by atoms with Gasteiger partial charge >= 0.3 is 0 Å². The van der Waals surface area contributed by atoms with Crippen LogP contribution in [0.4, 0.5) is 5.69 Å². The number of para-hydroxylation sites is 1. The smallest absolute Gasteiger partial charge is 0.235 e. The first kappa shape index (κ1) is 19.7. The number of amides is 2. The van der Waals surface area contributed by atoms with Gasteiger partial charge in [-0.2, -0.15) is 0 Å². The number of likely N-dealkylation sites (tertiary alicyclic amines) is 1. The minimum atomic E-state index is -0.715. The third kappa shape index (κ3) is 3.01. The van der Waals surface area contributed by atoms with E-state index in [1.165, 1.54) is 4.90 Å². The number of rotatable bonds is 6. The summed E-state index contributed by atoms with van der Waals surface area (Å²) in [6.07, 6.45) is 4.55. The molecule has 2 amide bonds. The number of benzene rings is 2. The first-order valence-electron chi connectivity index (χ1n) is 10.6. The van der Waals surface area contributed by atoms with Gasteiger partial charge in [0.05, 0.1) is 17.9 Å². The molecule has 6 heteroatoms. The topological polar surface area (TPSA) is 66.9 Å². The second kappa shape index (κ2) is 7.78. The quantitative estimate of drug-likeness (QED) is 0.412. The third-order valence-corrected chi connectivity index (χ3v) is 6.56. The Morgan fingerprint density at radius 2 is 1.68 bits per heavy atom. The van der Waals surface area contributed by atoms with Gasteiger partial charge in [-0.25, -0.2) is 0 Å². The number of ether oxygens (including phenoxy) is 1. The Kier molecular flexibility index (Phi) is 4.94. The van der Waals surface area contributed by atoms with Gasteiger partial charge in [0.15, 0.2) is 5.78 Å². The van der Waals surface area contributed by atoms with Crippen molar-refractivity contribution >= 4 is 29.4 Å². The summed E-state index contributed by atoms with van der Waals surface area (Å²) in [5.41, 5.74) is 2.43. The van der Waals surface area contributed by atoms with Gasteiger partial charge in [-0.3, -0.25) is 19.3 Å². The molecule has 4 atom stereocenters. The van der Waals surface area contributed by atoms with E-state index < -0.39 is 17.9 Å². The predicted octanol–water partition coefficient (Wildman–Crippen LogP) is 2.79. The molecule has 0 saturated carbocycles. The number of imide groups is 1. The summed E-state index contributed by atoms with van der Waals surface area (Å²) in [6, 6.07) is 15.8. The fraction of sp³-hybridized carbons (Fsp3) is 0.320. The molecule has 2 fully saturated rings. The standard InChI is InChI=1S/C25H24N2O4/c1-31-15-7-14-26-24(29)20-19-13-12-16-8-5-6-11-18(16)27(19)22(21(20)25(26)30)23(28)17-9-3-2-4-10-17/h2-6,8-13,19-22H,7,14-15H2,1H3/t19-,20-,21-,22+/m0/s1. The first-order chi connectivity index (χ1) is 15.1. The van der Waals surface area contributed by atoms with E-state index in [0.717, 1.165) is 11.3 Å². The Balaban J connectivity index is 1.58. The number of Topliss-reactive ketones (excluding diaryl/α,β-unsaturated/α-hetero) is 1. The van der Waals surface area contributed by atoms with E-state index >= 15 is 0 Å². The Labute approximate surface area is 181 Å². The van der Waals surface area contributed by atoms with Gasteiger partial charge in [0.2, 0.25) is 11.8 Å². The molecule has 3 aliphatic rings. The molecule has 0 radical (unpaired) electrons. The molecule has 0 aromatic heterocycles. The summed E-state index contributed by atoms with van der Waals surface area (Å²) in [5, 5.41) is 0. The highest BCUT2D eigenvalue weighted by atomic mass is 16.5. The van der Waals surface area contributed by atoms with Crippen molar-refractivity contribution in [3.8, 4) is 0 Å². The molecule has 31 heavy (non-hydrogen) atoms.